The third kappa shape index (κ3) is 5.69. The maximum atomic E-state index is 12.6. The van der Waals surface area contributed by atoms with Crippen LogP contribution in [0.3, 0.4) is 0 Å². The fourth-order valence-electron chi connectivity index (χ4n) is 2.76. The Balaban J connectivity index is 1.54. The number of hydrogen-bond acceptors (Lipinski definition) is 6. The number of nitrogens with zero attached hydrogens (tertiary/aromatic N) is 2. The number of hydrogen-bond donors (Lipinski definition) is 0. The second kappa shape index (κ2) is 9.05. The summed E-state index contributed by atoms with van der Waals surface area (Å²) >= 11 is 4.84. The average molecular weight is 527 g/mol. The molecule has 0 radical (unpaired) electrons. The van der Waals surface area contributed by atoms with Gasteiger partial charge in [0.15, 0.2) is 0 Å². The predicted molar refractivity (Wildman–Crippen MR) is 118 cm³/mol. The van der Waals surface area contributed by atoms with Crippen LogP contribution in [0.2, 0.25) is 0 Å². The van der Waals surface area contributed by atoms with E-state index in [1.54, 1.807) is 17.4 Å². The molecule has 2 aromatic carbocycles. The Kier molecular flexibility index (Phi) is 6.40. The van der Waals surface area contributed by atoms with E-state index in [-0.39, 0.29) is 28.4 Å². The Morgan fingerprint density at radius 1 is 1.13 bits per heavy atom. The molecule has 0 fully saturated rings. The Morgan fingerprint density at radius 2 is 1.97 bits per heavy atom. The summed E-state index contributed by atoms with van der Waals surface area (Å²) in [5, 5.41) is 5.94. The van der Waals surface area contributed by atoms with E-state index in [9.17, 15) is 13.2 Å². The van der Waals surface area contributed by atoms with Crippen LogP contribution in [0.25, 0.3) is 22.8 Å². The molecule has 0 aliphatic heterocycles. The fraction of sp³-hybridized carbons (Fsp3) is 0.143. The molecule has 0 unspecified atom stereocenters. The number of aryl methyl sites for hydroxylation is 1. The van der Waals surface area contributed by atoms with E-state index in [2.05, 4.69) is 26.1 Å². The highest BCUT2D eigenvalue weighted by atomic mass is 79.9. The minimum atomic E-state index is -4.36. The zero-order valence-corrected chi connectivity index (χ0v) is 19.2. The van der Waals surface area contributed by atoms with E-state index in [1.807, 2.05) is 36.6 Å². The molecule has 0 bridgehead atoms. The summed E-state index contributed by atoms with van der Waals surface area (Å²) in [6.45, 7) is 2.36. The van der Waals surface area contributed by atoms with Crippen molar-refractivity contribution in [3.05, 3.63) is 68.8 Å². The standard InChI is InChI=1S/C21H14BrF3N2O2S2/c1-12-5-6-15(9-17(12)28-10-13-7-18(22)30-11-13)20-26-19(27-29-20)14-3-2-4-16(8-14)31-21(23,24)25/h2-9,11H,10H2,1H3. The van der Waals surface area contributed by atoms with Gasteiger partial charge in [0.25, 0.3) is 5.89 Å². The van der Waals surface area contributed by atoms with Crippen molar-refractivity contribution >= 4 is 39.0 Å². The first kappa shape index (κ1) is 21.9. The first-order valence-electron chi connectivity index (χ1n) is 8.93. The van der Waals surface area contributed by atoms with Crippen molar-refractivity contribution in [3.63, 3.8) is 0 Å². The van der Waals surface area contributed by atoms with Crippen molar-refractivity contribution in [2.75, 3.05) is 0 Å². The largest absolute Gasteiger partial charge is 0.489 e. The predicted octanol–water partition coefficient (Wildman–Crippen LogP) is 7.73. The number of alkyl halides is 3. The van der Waals surface area contributed by atoms with Crippen LogP contribution in [0.1, 0.15) is 11.1 Å². The van der Waals surface area contributed by atoms with Crippen LogP contribution in [-0.4, -0.2) is 15.6 Å². The van der Waals surface area contributed by atoms with Crippen LogP contribution in [-0.2, 0) is 6.61 Å². The molecule has 0 saturated heterocycles. The molecule has 0 atom stereocenters. The Bertz CT molecular complexity index is 1210. The monoisotopic (exact) mass is 526 g/mol. The highest BCUT2D eigenvalue weighted by Crippen LogP contribution is 2.38. The third-order valence-electron chi connectivity index (χ3n) is 4.20. The summed E-state index contributed by atoms with van der Waals surface area (Å²) < 4.78 is 50.3. The first-order chi connectivity index (χ1) is 14.8. The van der Waals surface area contributed by atoms with Gasteiger partial charge in [-0.05, 0) is 75.9 Å². The van der Waals surface area contributed by atoms with Crippen molar-refractivity contribution in [3.8, 4) is 28.6 Å². The van der Waals surface area contributed by atoms with Crippen LogP contribution in [0.5, 0.6) is 5.75 Å². The van der Waals surface area contributed by atoms with Gasteiger partial charge in [-0.15, -0.1) is 11.3 Å². The molecule has 2 heterocycles. The number of thiophene rings is 1. The molecule has 160 valence electrons. The molecule has 4 aromatic rings. The molecule has 0 saturated carbocycles. The second-order valence-corrected chi connectivity index (χ2v) is 9.96. The molecule has 0 spiro atoms. The minimum Gasteiger partial charge on any atom is -0.489 e. The topological polar surface area (TPSA) is 48.2 Å². The zero-order chi connectivity index (χ0) is 22.0. The molecule has 31 heavy (non-hydrogen) atoms. The van der Waals surface area contributed by atoms with Gasteiger partial charge in [-0.1, -0.05) is 23.4 Å². The van der Waals surface area contributed by atoms with E-state index >= 15 is 0 Å². The van der Waals surface area contributed by atoms with E-state index in [4.69, 9.17) is 9.26 Å². The van der Waals surface area contributed by atoms with Gasteiger partial charge in [-0.2, -0.15) is 18.2 Å². The first-order valence-corrected chi connectivity index (χ1v) is 11.4. The number of aromatic nitrogens is 2. The lowest BCUT2D eigenvalue weighted by atomic mass is 10.1. The van der Waals surface area contributed by atoms with Crippen LogP contribution in [0, 0.1) is 6.92 Å². The highest BCUT2D eigenvalue weighted by Gasteiger charge is 2.29. The highest BCUT2D eigenvalue weighted by molar-refractivity contribution is 9.11. The SMILES string of the molecule is Cc1ccc(-c2nc(-c3cccc(SC(F)(F)F)c3)no2)cc1OCc1csc(Br)c1. The molecule has 0 amide bonds. The lowest BCUT2D eigenvalue weighted by Crippen LogP contribution is -1.98. The molecule has 4 rings (SSSR count). The molecule has 10 heteroatoms. The normalized spacial score (nSPS) is 11.6. The number of benzene rings is 2. The van der Waals surface area contributed by atoms with Gasteiger partial charge >= 0.3 is 5.51 Å². The lowest BCUT2D eigenvalue weighted by Gasteiger charge is -2.09. The lowest BCUT2D eigenvalue weighted by molar-refractivity contribution is -0.0328. The zero-order valence-electron chi connectivity index (χ0n) is 15.9. The second-order valence-electron chi connectivity index (χ2n) is 6.53. The quantitative estimate of drug-likeness (QED) is 0.240. The smallest absolute Gasteiger partial charge is 0.446 e. The summed E-state index contributed by atoms with van der Waals surface area (Å²) in [7, 11) is 0. The maximum absolute atomic E-state index is 12.6. The number of halogens is 4. The van der Waals surface area contributed by atoms with Crippen LogP contribution >= 0.6 is 39.0 Å². The van der Waals surface area contributed by atoms with Crippen molar-refractivity contribution in [1.29, 1.82) is 0 Å². The van der Waals surface area contributed by atoms with Crippen molar-refractivity contribution in [2.24, 2.45) is 0 Å². The van der Waals surface area contributed by atoms with Gasteiger partial charge < -0.3 is 9.26 Å². The maximum Gasteiger partial charge on any atom is 0.446 e. The van der Waals surface area contributed by atoms with Crippen molar-refractivity contribution in [1.82, 2.24) is 10.1 Å². The Hall–Kier alpha value is -2.30. The van der Waals surface area contributed by atoms with E-state index < -0.39 is 5.51 Å². The molecular formula is C21H14BrF3N2O2S2. The van der Waals surface area contributed by atoms with E-state index in [1.165, 1.54) is 18.2 Å². The molecule has 4 nitrogen and oxygen atoms in total. The molecular weight excluding hydrogens is 513 g/mol. The van der Waals surface area contributed by atoms with E-state index in [0.717, 1.165) is 14.9 Å². The fourth-order valence-corrected chi connectivity index (χ4v) is 4.56. The van der Waals surface area contributed by atoms with Gasteiger partial charge in [0.1, 0.15) is 12.4 Å². The van der Waals surface area contributed by atoms with Gasteiger partial charge in [-0.3, -0.25) is 0 Å². The molecule has 0 aliphatic carbocycles. The number of rotatable bonds is 6. The Labute approximate surface area is 192 Å². The average Bonchev–Trinajstić information content (AvgIpc) is 3.36. The van der Waals surface area contributed by atoms with Crippen LogP contribution in [0.4, 0.5) is 13.2 Å². The minimum absolute atomic E-state index is 0.0578. The van der Waals surface area contributed by atoms with Crippen LogP contribution in [0.15, 0.2) is 67.1 Å². The number of thioether (sulfide) groups is 1. The molecule has 0 aliphatic rings. The summed E-state index contributed by atoms with van der Waals surface area (Å²) in [4.78, 5) is 4.41. The summed E-state index contributed by atoms with van der Waals surface area (Å²) in [5.74, 6) is 1.15. The molecule has 2 aromatic heterocycles. The summed E-state index contributed by atoms with van der Waals surface area (Å²) in [6.07, 6.45) is 0. The van der Waals surface area contributed by atoms with Gasteiger partial charge in [0.05, 0.1) is 3.79 Å². The van der Waals surface area contributed by atoms with Crippen molar-refractivity contribution in [2.45, 2.75) is 23.9 Å². The molecule has 0 N–H and O–H groups in total. The Morgan fingerprint density at radius 3 is 2.71 bits per heavy atom. The summed E-state index contributed by atoms with van der Waals surface area (Å²) in [5.41, 5.74) is -1.26. The van der Waals surface area contributed by atoms with Gasteiger partial charge in [-0.25, -0.2) is 0 Å². The van der Waals surface area contributed by atoms with Gasteiger partial charge in [0, 0.05) is 21.6 Å². The van der Waals surface area contributed by atoms with Crippen molar-refractivity contribution < 1.29 is 22.4 Å². The van der Waals surface area contributed by atoms with Crippen LogP contribution < -0.4 is 4.74 Å². The third-order valence-corrected chi connectivity index (χ3v) is 6.48. The number of ether oxygens (including phenoxy) is 1. The van der Waals surface area contributed by atoms with E-state index in [0.29, 0.717) is 23.5 Å². The van der Waals surface area contributed by atoms with Gasteiger partial charge in [0.2, 0.25) is 5.82 Å². The summed E-state index contributed by atoms with van der Waals surface area (Å²) in [6, 6.07) is 13.5.